The van der Waals surface area contributed by atoms with Crippen LogP contribution in [0.3, 0.4) is 0 Å². The van der Waals surface area contributed by atoms with E-state index in [1.54, 1.807) is 18.4 Å². The van der Waals surface area contributed by atoms with Gasteiger partial charge in [0.1, 0.15) is 12.1 Å². The fourth-order valence-electron chi connectivity index (χ4n) is 1.91. The summed E-state index contributed by atoms with van der Waals surface area (Å²) in [6.07, 6.45) is 2.38. The summed E-state index contributed by atoms with van der Waals surface area (Å²) in [5.41, 5.74) is 2.10. The van der Waals surface area contributed by atoms with Crippen LogP contribution in [0.15, 0.2) is 29.2 Å². The zero-order chi connectivity index (χ0) is 14.2. The number of anilines is 1. The van der Waals surface area contributed by atoms with Gasteiger partial charge in [-0.25, -0.2) is 9.97 Å². The van der Waals surface area contributed by atoms with E-state index in [9.17, 15) is 5.11 Å². The van der Waals surface area contributed by atoms with E-state index >= 15 is 0 Å². The van der Waals surface area contributed by atoms with Crippen molar-refractivity contribution < 1.29 is 9.84 Å². The van der Waals surface area contributed by atoms with Crippen LogP contribution in [0.4, 0.5) is 5.82 Å². The van der Waals surface area contributed by atoms with Gasteiger partial charge in [0.15, 0.2) is 0 Å². The number of ether oxygens (including phenoxy) is 1. The van der Waals surface area contributed by atoms with Gasteiger partial charge in [-0.3, -0.25) is 0 Å². The Morgan fingerprint density at radius 3 is 3.05 bits per heavy atom. The first-order valence-electron chi connectivity index (χ1n) is 6.47. The predicted octanol–water partition coefficient (Wildman–Crippen LogP) is 1.95. The Balaban J connectivity index is 1.87. The van der Waals surface area contributed by atoms with Crippen LogP contribution in [-0.4, -0.2) is 35.3 Å². The number of aromatic nitrogens is 2. The molecular formula is C14H19N3O2S. The molecule has 0 spiro atoms. The van der Waals surface area contributed by atoms with E-state index in [0.717, 1.165) is 17.9 Å². The number of hydrogen-bond acceptors (Lipinski definition) is 6. The molecule has 0 aromatic carbocycles. The van der Waals surface area contributed by atoms with E-state index in [-0.39, 0.29) is 12.5 Å². The van der Waals surface area contributed by atoms with E-state index in [1.165, 1.54) is 11.9 Å². The first-order valence-corrected chi connectivity index (χ1v) is 7.41. The van der Waals surface area contributed by atoms with Crippen molar-refractivity contribution in [2.75, 3.05) is 25.6 Å². The van der Waals surface area contributed by atoms with Crippen molar-refractivity contribution in [1.82, 2.24) is 9.97 Å². The molecule has 0 aliphatic rings. The Morgan fingerprint density at radius 2 is 2.35 bits per heavy atom. The molecule has 0 radical (unpaired) electrons. The van der Waals surface area contributed by atoms with E-state index in [0.29, 0.717) is 13.2 Å². The van der Waals surface area contributed by atoms with Crippen molar-refractivity contribution in [2.45, 2.75) is 13.0 Å². The normalized spacial score (nSPS) is 12.3. The smallest absolute Gasteiger partial charge is 0.129 e. The minimum absolute atomic E-state index is 0.152. The summed E-state index contributed by atoms with van der Waals surface area (Å²) in [6, 6.07) is 3.96. The van der Waals surface area contributed by atoms with Crippen molar-refractivity contribution >= 4 is 17.2 Å². The Labute approximate surface area is 122 Å². The van der Waals surface area contributed by atoms with Gasteiger partial charge in [-0.1, -0.05) is 0 Å². The molecule has 20 heavy (non-hydrogen) atoms. The van der Waals surface area contributed by atoms with E-state index < -0.39 is 0 Å². The predicted molar refractivity (Wildman–Crippen MR) is 79.8 cm³/mol. The number of hydrogen-bond donors (Lipinski definition) is 2. The molecule has 0 unspecified atom stereocenters. The van der Waals surface area contributed by atoms with Crippen molar-refractivity contribution in [1.29, 1.82) is 0 Å². The number of nitrogens with zero attached hydrogens (tertiary/aromatic N) is 2. The molecule has 6 heteroatoms. The van der Waals surface area contributed by atoms with Crippen LogP contribution in [-0.2, 0) is 17.8 Å². The highest BCUT2D eigenvalue weighted by molar-refractivity contribution is 7.07. The van der Waals surface area contributed by atoms with Gasteiger partial charge in [-0.2, -0.15) is 11.3 Å². The summed E-state index contributed by atoms with van der Waals surface area (Å²) in [5.74, 6) is 0.932. The molecule has 2 heterocycles. The summed E-state index contributed by atoms with van der Waals surface area (Å²) in [7, 11) is 1.64. The van der Waals surface area contributed by atoms with Crippen LogP contribution < -0.4 is 5.32 Å². The summed E-state index contributed by atoms with van der Waals surface area (Å²) in [4.78, 5) is 8.28. The Hall–Kier alpha value is -1.50. The third-order valence-corrected chi connectivity index (χ3v) is 3.68. The third kappa shape index (κ3) is 4.56. The lowest BCUT2D eigenvalue weighted by molar-refractivity contribution is 0.181. The Kier molecular flexibility index (Phi) is 5.91. The van der Waals surface area contributed by atoms with E-state index in [2.05, 4.69) is 32.1 Å². The maximum Gasteiger partial charge on any atom is 0.129 e. The van der Waals surface area contributed by atoms with Gasteiger partial charge in [0.05, 0.1) is 12.3 Å². The van der Waals surface area contributed by atoms with Crippen molar-refractivity contribution in [3.8, 4) is 0 Å². The molecule has 0 saturated carbocycles. The van der Waals surface area contributed by atoms with Crippen molar-refractivity contribution in [3.63, 3.8) is 0 Å². The molecule has 5 nitrogen and oxygen atoms in total. The van der Waals surface area contributed by atoms with Gasteiger partial charge in [0, 0.05) is 32.2 Å². The zero-order valence-corrected chi connectivity index (χ0v) is 12.3. The summed E-state index contributed by atoms with van der Waals surface area (Å²) < 4.78 is 5.04. The SMILES string of the molecule is COCc1cc(NC[C@@H](CO)Cc2ccsc2)ncn1. The minimum atomic E-state index is 0.152. The monoisotopic (exact) mass is 293 g/mol. The van der Waals surface area contributed by atoms with Gasteiger partial charge in [-0.15, -0.1) is 0 Å². The molecule has 0 aliphatic heterocycles. The Bertz CT molecular complexity index is 505. The molecule has 1 atom stereocenters. The molecule has 108 valence electrons. The van der Waals surface area contributed by atoms with Gasteiger partial charge in [-0.05, 0) is 28.8 Å². The van der Waals surface area contributed by atoms with E-state index in [4.69, 9.17) is 4.74 Å². The number of methoxy groups -OCH3 is 1. The lowest BCUT2D eigenvalue weighted by Gasteiger charge is -2.15. The van der Waals surface area contributed by atoms with Crippen LogP contribution in [0.25, 0.3) is 0 Å². The van der Waals surface area contributed by atoms with Crippen molar-refractivity contribution in [3.05, 3.63) is 40.5 Å². The van der Waals surface area contributed by atoms with Crippen molar-refractivity contribution in [2.24, 2.45) is 5.92 Å². The fraction of sp³-hybridized carbons (Fsp3) is 0.429. The molecule has 0 amide bonds. The molecule has 0 bridgehead atoms. The van der Waals surface area contributed by atoms with E-state index in [1.807, 2.05) is 6.07 Å². The second-order valence-electron chi connectivity index (χ2n) is 4.59. The highest BCUT2D eigenvalue weighted by Gasteiger charge is 2.09. The minimum Gasteiger partial charge on any atom is -0.396 e. The first kappa shape index (κ1) is 14.9. The quantitative estimate of drug-likeness (QED) is 0.778. The topological polar surface area (TPSA) is 67.3 Å². The molecule has 2 rings (SSSR count). The van der Waals surface area contributed by atoms with Crippen LogP contribution in [0.5, 0.6) is 0 Å². The molecule has 2 aromatic heterocycles. The molecular weight excluding hydrogens is 274 g/mol. The van der Waals surface area contributed by atoms with Crippen LogP contribution in [0.1, 0.15) is 11.3 Å². The van der Waals surface area contributed by atoms with Crippen LogP contribution in [0, 0.1) is 5.92 Å². The van der Waals surface area contributed by atoms with Crippen LogP contribution >= 0.6 is 11.3 Å². The summed E-state index contributed by atoms with van der Waals surface area (Å²) >= 11 is 1.68. The number of aliphatic hydroxyl groups is 1. The van der Waals surface area contributed by atoms with Gasteiger partial charge in [0.25, 0.3) is 0 Å². The lowest BCUT2D eigenvalue weighted by Crippen LogP contribution is -2.20. The number of nitrogens with one attached hydrogen (secondary N) is 1. The molecule has 0 saturated heterocycles. The number of thiophene rings is 1. The third-order valence-electron chi connectivity index (χ3n) is 2.95. The van der Waals surface area contributed by atoms with Gasteiger partial charge < -0.3 is 15.2 Å². The average molecular weight is 293 g/mol. The molecule has 0 fully saturated rings. The van der Waals surface area contributed by atoms with Gasteiger partial charge >= 0.3 is 0 Å². The maximum absolute atomic E-state index is 9.45. The second kappa shape index (κ2) is 7.94. The first-order chi connectivity index (χ1) is 9.81. The Morgan fingerprint density at radius 1 is 1.45 bits per heavy atom. The number of aliphatic hydroxyl groups excluding tert-OH is 1. The zero-order valence-electron chi connectivity index (χ0n) is 11.5. The largest absolute Gasteiger partial charge is 0.396 e. The second-order valence-corrected chi connectivity index (χ2v) is 5.37. The standard InChI is InChI=1S/C14H19N3O2S/c1-19-8-13-5-14(17-10-16-13)15-6-12(7-18)4-11-2-3-20-9-11/h2-3,5,9-10,12,18H,4,6-8H2,1H3,(H,15,16,17)/t12-/m0/s1. The number of rotatable bonds is 8. The molecule has 0 aliphatic carbocycles. The summed E-state index contributed by atoms with van der Waals surface area (Å²) in [6.45, 7) is 1.30. The highest BCUT2D eigenvalue weighted by atomic mass is 32.1. The lowest BCUT2D eigenvalue weighted by atomic mass is 10.0. The highest BCUT2D eigenvalue weighted by Crippen LogP contribution is 2.13. The van der Waals surface area contributed by atoms with Crippen LogP contribution in [0.2, 0.25) is 0 Å². The molecule has 2 N–H and O–H groups in total. The fourth-order valence-corrected chi connectivity index (χ4v) is 2.59. The summed E-state index contributed by atoms with van der Waals surface area (Å²) in [5, 5.41) is 16.9. The average Bonchev–Trinajstić information content (AvgIpc) is 2.97. The molecule has 2 aromatic rings. The maximum atomic E-state index is 9.45. The van der Waals surface area contributed by atoms with Gasteiger partial charge in [0.2, 0.25) is 0 Å².